The van der Waals surface area contributed by atoms with E-state index in [0.29, 0.717) is 22.6 Å². The third kappa shape index (κ3) is 5.17. The molecular weight excluding hydrogens is 462 g/mol. The summed E-state index contributed by atoms with van der Waals surface area (Å²) in [5, 5.41) is 11.5. The van der Waals surface area contributed by atoms with Crippen LogP contribution in [0.15, 0.2) is 72.3 Å². The number of benzene rings is 3. The number of aryl methyl sites for hydroxylation is 2. The van der Waals surface area contributed by atoms with Crippen LogP contribution in [-0.4, -0.2) is 22.9 Å². The van der Waals surface area contributed by atoms with E-state index in [-0.39, 0.29) is 22.9 Å². The van der Waals surface area contributed by atoms with Crippen LogP contribution in [0.5, 0.6) is 5.75 Å². The molecule has 0 saturated carbocycles. The summed E-state index contributed by atoms with van der Waals surface area (Å²) in [5.41, 5.74) is 4.77. The number of aliphatic hydroxyl groups excluding tert-OH is 1. The lowest BCUT2D eigenvalue weighted by atomic mass is 9.87. The Balaban J connectivity index is 1.90. The van der Waals surface area contributed by atoms with E-state index in [1.165, 1.54) is 4.90 Å². The molecule has 1 atom stereocenters. The van der Waals surface area contributed by atoms with Crippen molar-refractivity contribution in [2.75, 3.05) is 4.90 Å². The molecule has 1 aliphatic heterocycles. The Morgan fingerprint density at radius 1 is 0.919 bits per heavy atom. The minimum absolute atomic E-state index is 0.0158. The molecule has 192 valence electrons. The van der Waals surface area contributed by atoms with E-state index < -0.39 is 17.7 Å². The first-order valence-electron chi connectivity index (χ1n) is 12.6. The van der Waals surface area contributed by atoms with Crippen molar-refractivity contribution in [1.29, 1.82) is 0 Å². The van der Waals surface area contributed by atoms with Crippen molar-refractivity contribution < 1.29 is 19.4 Å². The first-order chi connectivity index (χ1) is 17.4. The number of hydrogen-bond acceptors (Lipinski definition) is 4. The summed E-state index contributed by atoms with van der Waals surface area (Å²) in [6.07, 6.45) is 0.0158. The fraction of sp³-hybridized carbons (Fsp3) is 0.312. The van der Waals surface area contributed by atoms with Crippen molar-refractivity contribution in [2.24, 2.45) is 0 Å². The Morgan fingerprint density at radius 2 is 1.54 bits per heavy atom. The summed E-state index contributed by atoms with van der Waals surface area (Å²) in [6.45, 7) is 14.1. The van der Waals surface area contributed by atoms with Gasteiger partial charge in [-0.1, -0.05) is 62.7 Å². The average molecular weight is 498 g/mol. The molecule has 5 heteroatoms. The van der Waals surface area contributed by atoms with Gasteiger partial charge in [-0.15, -0.1) is 0 Å². The van der Waals surface area contributed by atoms with Gasteiger partial charge in [-0.05, 0) is 80.1 Å². The lowest BCUT2D eigenvalue weighted by molar-refractivity contribution is -0.132. The molecule has 1 aliphatic rings. The first-order valence-corrected chi connectivity index (χ1v) is 12.6. The zero-order chi connectivity index (χ0) is 27.1. The Hall–Kier alpha value is -3.86. The van der Waals surface area contributed by atoms with Crippen LogP contribution in [0.25, 0.3) is 5.76 Å². The van der Waals surface area contributed by atoms with Gasteiger partial charge in [-0.2, -0.15) is 0 Å². The maximum Gasteiger partial charge on any atom is 0.300 e. The predicted molar refractivity (Wildman–Crippen MR) is 148 cm³/mol. The maximum atomic E-state index is 13.5. The molecule has 0 bridgehead atoms. The van der Waals surface area contributed by atoms with Gasteiger partial charge in [0, 0.05) is 11.3 Å². The second kappa shape index (κ2) is 9.89. The summed E-state index contributed by atoms with van der Waals surface area (Å²) >= 11 is 0. The van der Waals surface area contributed by atoms with Crippen LogP contribution in [0.3, 0.4) is 0 Å². The highest BCUT2D eigenvalue weighted by molar-refractivity contribution is 6.51. The Labute approximate surface area is 219 Å². The number of ether oxygens (including phenoxy) is 1. The largest absolute Gasteiger partial charge is 0.507 e. The summed E-state index contributed by atoms with van der Waals surface area (Å²) in [7, 11) is 0. The fourth-order valence-electron chi connectivity index (χ4n) is 4.67. The first kappa shape index (κ1) is 26.2. The van der Waals surface area contributed by atoms with Gasteiger partial charge in [0.05, 0.1) is 17.7 Å². The fourth-order valence-corrected chi connectivity index (χ4v) is 4.67. The molecule has 0 spiro atoms. The molecule has 3 aromatic rings. The number of Topliss-reactive ketones (excluding diaryl/α,β-unsaturated/α-hetero) is 1. The second-order valence-corrected chi connectivity index (χ2v) is 11.0. The summed E-state index contributed by atoms with van der Waals surface area (Å²) in [5.74, 6) is -0.839. The minimum Gasteiger partial charge on any atom is -0.507 e. The van der Waals surface area contributed by atoms with Crippen molar-refractivity contribution in [3.8, 4) is 5.75 Å². The smallest absolute Gasteiger partial charge is 0.300 e. The number of carbonyl (C=O) groups excluding carboxylic acids is 2. The van der Waals surface area contributed by atoms with Crippen LogP contribution >= 0.6 is 0 Å². The Morgan fingerprint density at radius 3 is 2.11 bits per heavy atom. The molecule has 1 fully saturated rings. The van der Waals surface area contributed by atoms with Crippen molar-refractivity contribution in [3.63, 3.8) is 0 Å². The second-order valence-electron chi connectivity index (χ2n) is 11.0. The van der Waals surface area contributed by atoms with E-state index in [1.807, 2.05) is 94.4 Å². The third-order valence-electron chi connectivity index (χ3n) is 6.67. The number of anilines is 1. The monoisotopic (exact) mass is 497 g/mol. The lowest BCUT2D eigenvalue weighted by Gasteiger charge is -2.27. The van der Waals surface area contributed by atoms with Gasteiger partial charge in [0.15, 0.2) is 0 Å². The zero-order valence-corrected chi connectivity index (χ0v) is 22.6. The van der Waals surface area contributed by atoms with Crippen LogP contribution in [0.4, 0.5) is 5.69 Å². The lowest BCUT2D eigenvalue weighted by Crippen LogP contribution is -2.29. The topological polar surface area (TPSA) is 66.8 Å². The van der Waals surface area contributed by atoms with E-state index in [0.717, 1.165) is 16.7 Å². The normalized spacial score (nSPS) is 17.5. The molecular formula is C32H35NO4. The summed E-state index contributed by atoms with van der Waals surface area (Å²) < 4.78 is 5.79. The zero-order valence-electron chi connectivity index (χ0n) is 22.6. The van der Waals surface area contributed by atoms with Gasteiger partial charge in [0.2, 0.25) is 0 Å². The average Bonchev–Trinajstić information content (AvgIpc) is 3.10. The van der Waals surface area contributed by atoms with E-state index in [2.05, 4.69) is 20.8 Å². The number of rotatable bonds is 5. The standard InChI is InChI=1S/C32H35NO4/c1-19(2)37-25-16-10-22(11-17-25)28-27(29(34)26-18-20(3)8-9-21(26)4)30(35)31(36)33(28)24-14-12-23(13-15-24)32(5,6)7/h8-19,28,34H,1-7H3/b29-27+. The Bertz CT molecular complexity index is 1360. The molecule has 4 rings (SSSR count). The van der Waals surface area contributed by atoms with Gasteiger partial charge in [-0.25, -0.2) is 0 Å². The van der Waals surface area contributed by atoms with Crippen molar-refractivity contribution in [3.05, 3.63) is 100 Å². The number of amides is 1. The van der Waals surface area contributed by atoms with Gasteiger partial charge < -0.3 is 9.84 Å². The van der Waals surface area contributed by atoms with Crippen LogP contribution in [-0.2, 0) is 15.0 Å². The molecule has 1 saturated heterocycles. The number of aliphatic hydroxyl groups is 1. The third-order valence-corrected chi connectivity index (χ3v) is 6.67. The van der Waals surface area contributed by atoms with Crippen LogP contribution in [0.1, 0.15) is 68.5 Å². The molecule has 0 aromatic heterocycles. The number of nitrogens with zero attached hydrogens (tertiary/aromatic N) is 1. The molecule has 1 unspecified atom stereocenters. The summed E-state index contributed by atoms with van der Waals surface area (Å²) in [4.78, 5) is 28.5. The molecule has 0 aliphatic carbocycles. The van der Waals surface area contributed by atoms with Crippen LogP contribution in [0.2, 0.25) is 0 Å². The number of hydrogen-bond donors (Lipinski definition) is 1. The molecule has 37 heavy (non-hydrogen) atoms. The molecule has 1 N–H and O–H groups in total. The van der Waals surface area contributed by atoms with Crippen LogP contribution < -0.4 is 9.64 Å². The van der Waals surface area contributed by atoms with E-state index >= 15 is 0 Å². The molecule has 0 radical (unpaired) electrons. The highest BCUT2D eigenvalue weighted by atomic mass is 16.5. The van der Waals surface area contributed by atoms with Crippen molar-refractivity contribution >= 4 is 23.1 Å². The van der Waals surface area contributed by atoms with Crippen molar-refractivity contribution in [2.45, 2.75) is 66.0 Å². The van der Waals surface area contributed by atoms with E-state index in [4.69, 9.17) is 4.74 Å². The van der Waals surface area contributed by atoms with Crippen LogP contribution in [0, 0.1) is 13.8 Å². The highest BCUT2D eigenvalue weighted by Gasteiger charge is 2.47. The van der Waals surface area contributed by atoms with Gasteiger partial charge >= 0.3 is 0 Å². The van der Waals surface area contributed by atoms with Gasteiger partial charge in [0.1, 0.15) is 11.5 Å². The number of carbonyl (C=O) groups is 2. The van der Waals surface area contributed by atoms with E-state index in [1.54, 1.807) is 0 Å². The van der Waals surface area contributed by atoms with Crippen molar-refractivity contribution in [1.82, 2.24) is 0 Å². The quantitative estimate of drug-likeness (QED) is 0.234. The summed E-state index contributed by atoms with van der Waals surface area (Å²) in [6, 6.07) is 20.0. The molecule has 3 aromatic carbocycles. The van der Waals surface area contributed by atoms with E-state index in [9.17, 15) is 14.7 Å². The highest BCUT2D eigenvalue weighted by Crippen LogP contribution is 2.43. The van der Waals surface area contributed by atoms with Gasteiger partial charge in [0.25, 0.3) is 11.7 Å². The molecule has 1 amide bonds. The molecule has 1 heterocycles. The Kier molecular flexibility index (Phi) is 7.00. The SMILES string of the molecule is Cc1ccc(C)c(/C(O)=C2\C(=O)C(=O)N(c3ccc(C(C)(C)C)cc3)C2c2ccc(OC(C)C)cc2)c1. The predicted octanol–water partition coefficient (Wildman–Crippen LogP) is 7.01. The number of ketones is 1. The minimum atomic E-state index is -0.784. The van der Waals surface area contributed by atoms with Gasteiger partial charge in [-0.3, -0.25) is 14.5 Å². The molecule has 5 nitrogen and oxygen atoms in total. The maximum absolute atomic E-state index is 13.5.